The van der Waals surface area contributed by atoms with E-state index in [1.807, 2.05) is 0 Å². The van der Waals surface area contributed by atoms with Gasteiger partial charge >= 0.3 is 6.03 Å². The molecule has 7 heteroatoms. The molecular formula is C13H14ClN3O3. The number of halogens is 1. The second-order valence-electron chi connectivity index (χ2n) is 4.55. The topological polar surface area (TPSA) is 69.7 Å². The third-order valence-corrected chi connectivity index (χ3v) is 3.42. The van der Waals surface area contributed by atoms with Gasteiger partial charge in [-0.05, 0) is 18.2 Å². The molecule has 2 rings (SSSR count). The normalized spacial score (nSPS) is 19.2. The molecule has 1 unspecified atom stereocenters. The number of nitrogens with one attached hydrogen (secondary N) is 1. The van der Waals surface area contributed by atoms with Crippen molar-refractivity contribution in [3.63, 3.8) is 0 Å². The van der Waals surface area contributed by atoms with Crippen LogP contribution in [0, 0.1) is 0 Å². The van der Waals surface area contributed by atoms with Crippen molar-refractivity contribution in [3.8, 4) is 0 Å². The largest absolute Gasteiger partial charge is 0.331 e. The second kappa shape index (κ2) is 5.50. The standard InChI is InChI=1S/C13H14ClN3O3/c1-16-10(7-11(18)17(2)13(16)20)15-12(19)8-4-3-5-9(14)6-8/h3-6,10H,7H2,1-2H3,(H,15,19). The van der Waals surface area contributed by atoms with Crippen molar-refractivity contribution in [1.29, 1.82) is 0 Å². The molecule has 0 spiro atoms. The summed E-state index contributed by atoms with van der Waals surface area (Å²) in [5, 5.41) is 3.10. The molecule has 1 fully saturated rings. The van der Waals surface area contributed by atoms with Crippen LogP contribution in [-0.2, 0) is 4.79 Å². The SMILES string of the molecule is CN1C(=O)CC(NC(=O)c2cccc(Cl)c2)N(C)C1=O. The molecule has 1 N–H and O–H groups in total. The molecule has 4 amide bonds. The first kappa shape index (κ1) is 14.3. The van der Waals surface area contributed by atoms with Crippen molar-refractivity contribution in [3.05, 3.63) is 34.9 Å². The van der Waals surface area contributed by atoms with Crippen molar-refractivity contribution >= 4 is 29.4 Å². The number of amides is 4. The van der Waals surface area contributed by atoms with Gasteiger partial charge in [0.15, 0.2) is 0 Å². The van der Waals surface area contributed by atoms with Gasteiger partial charge in [-0.2, -0.15) is 0 Å². The summed E-state index contributed by atoms with van der Waals surface area (Å²) in [6.07, 6.45) is -0.608. The van der Waals surface area contributed by atoms with E-state index in [-0.39, 0.29) is 18.2 Å². The summed E-state index contributed by atoms with van der Waals surface area (Å²) < 4.78 is 0. The van der Waals surface area contributed by atoms with Crippen LogP contribution in [0.1, 0.15) is 16.8 Å². The fraction of sp³-hybridized carbons (Fsp3) is 0.308. The highest BCUT2D eigenvalue weighted by atomic mass is 35.5. The number of nitrogens with zero attached hydrogens (tertiary/aromatic N) is 2. The van der Waals surface area contributed by atoms with Crippen LogP contribution in [0.5, 0.6) is 0 Å². The monoisotopic (exact) mass is 295 g/mol. The van der Waals surface area contributed by atoms with E-state index in [0.717, 1.165) is 4.90 Å². The Kier molecular flexibility index (Phi) is 3.94. The van der Waals surface area contributed by atoms with Crippen molar-refractivity contribution in [2.45, 2.75) is 12.6 Å². The lowest BCUT2D eigenvalue weighted by atomic mass is 10.2. The van der Waals surface area contributed by atoms with Gasteiger partial charge in [0.25, 0.3) is 5.91 Å². The minimum absolute atomic E-state index is 0.0467. The number of urea groups is 1. The molecule has 0 aliphatic carbocycles. The second-order valence-corrected chi connectivity index (χ2v) is 4.99. The minimum Gasteiger partial charge on any atom is -0.331 e. The first-order valence-corrected chi connectivity index (χ1v) is 6.37. The summed E-state index contributed by atoms with van der Waals surface area (Å²) >= 11 is 5.82. The predicted octanol–water partition coefficient (Wildman–Crippen LogP) is 1.31. The summed E-state index contributed by atoms with van der Waals surface area (Å²) in [5.74, 6) is -0.709. The van der Waals surface area contributed by atoms with Crippen LogP contribution in [0.15, 0.2) is 24.3 Å². The molecule has 0 bridgehead atoms. The summed E-state index contributed by atoms with van der Waals surface area (Å²) in [5.41, 5.74) is 0.379. The third-order valence-electron chi connectivity index (χ3n) is 3.18. The number of imide groups is 1. The number of rotatable bonds is 2. The van der Waals surface area contributed by atoms with Crippen LogP contribution in [-0.4, -0.2) is 47.9 Å². The average molecular weight is 296 g/mol. The third kappa shape index (κ3) is 2.75. The summed E-state index contributed by atoms with van der Waals surface area (Å²) in [6.45, 7) is 0. The molecule has 1 aliphatic rings. The molecule has 1 saturated heterocycles. The van der Waals surface area contributed by atoms with E-state index in [2.05, 4.69) is 5.32 Å². The molecule has 0 aromatic heterocycles. The number of benzene rings is 1. The number of hydrogen-bond donors (Lipinski definition) is 1. The zero-order valence-corrected chi connectivity index (χ0v) is 11.8. The molecule has 6 nitrogen and oxygen atoms in total. The van der Waals surface area contributed by atoms with Gasteiger partial charge in [0.05, 0.1) is 6.42 Å². The summed E-state index contributed by atoms with van der Waals surface area (Å²) in [6, 6.07) is 6.01. The van der Waals surface area contributed by atoms with E-state index < -0.39 is 12.2 Å². The Morgan fingerprint density at radius 3 is 2.70 bits per heavy atom. The first-order valence-electron chi connectivity index (χ1n) is 6.00. The van der Waals surface area contributed by atoms with Crippen molar-refractivity contribution < 1.29 is 14.4 Å². The average Bonchev–Trinajstić information content (AvgIpc) is 2.42. The molecule has 1 aromatic rings. The van der Waals surface area contributed by atoms with Crippen LogP contribution in [0.3, 0.4) is 0 Å². The van der Waals surface area contributed by atoms with E-state index >= 15 is 0 Å². The van der Waals surface area contributed by atoms with Crippen LogP contribution in [0.25, 0.3) is 0 Å². The van der Waals surface area contributed by atoms with Crippen molar-refractivity contribution in [1.82, 2.24) is 15.1 Å². The van der Waals surface area contributed by atoms with E-state index in [4.69, 9.17) is 11.6 Å². The van der Waals surface area contributed by atoms with E-state index in [1.165, 1.54) is 25.1 Å². The van der Waals surface area contributed by atoms with Crippen LogP contribution in [0.2, 0.25) is 5.02 Å². The van der Waals surface area contributed by atoms with Gasteiger partial charge in [0.2, 0.25) is 5.91 Å². The molecule has 0 saturated carbocycles. The number of hydrogen-bond acceptors (Lipinski definition) is 3. The molecule has 20 heavy (non-hydrogen) atoms. The minimum atomic E-state index is -0.655. The van der Waals surface area contributed by atoms with E-state index in [9.17, 15) is 14.4 Å². The fourth-order valence-corrected chi connectivity index (χ4v) is 2.12. The molecule has 1 atom stereocenters. The molecular weight excluding hydrogens is 282 g/mol. The Morgan fingerprint density at radius 2 is 2.05 bits per heavy atom. The first-order chi connectivity index (χ1) is 9.40. The maximum absolute atomic E-state index is 12.1. The maximum Gasteiger partial charge on any atom is 0.327 e. The Morgan fingerprint density at radius 1 is 1.35 bits per heavy atom. The lowest BCUT2D eigenvalue weighted by molar-refractivity contribution is -0.131. The molecule has 0 radical (unpaired) electrons. The summed E-state index contributed by atoms with van der Waals surface area (Å²) in [4.78, 5) is 37.8. The number of carbonyl (C=O) groups excluding carboxylic acids is 3. The van der Waals surface area contributed by atoms with Gasteiger partial charge in [-0.1, -0.05) is 17.7 Å². The predicted molar refractivity (Wildman–Crippen MR) is 73.3 cm³/mol. The van der Waals surface area contributed by atoms with Crippen molar-refractivity contribution in [2.24, 2.45) is 0 Å². The molecule has 106 valence electrons. The lowest BCUT2D eigenvalue weighted by Crippen LogP contribution is -2.59. The van der Waals surface area contributed by atoms with Crippen molar-refractivity contribution in [2.75, 3.05) is 14.1 Å². The van der Waals surface area contributed by atoms with Gasteiger partial charge in [-0.3, -0.25) is 14.5 Å². The van der Waals surface area contributed by atoms with Crippen LogP contribution >= 0.6 is 11.6 Å². The van der Waals surface area contributed by atoms with Crippen LogP contribution < -0.4 is 5.32 Å². The Hall–Kier alpha value is -2.08. The number of carbonyl (C=O) groups is 3. The highest BCUT2D eigenvalue weighted by molar-refractivity contribution is 6.30. The van der Waals surface area contributed by atoms with E-state index in [1.54, 1.807) is 18.2 Å². The fourth-order valence-electron chi connectivity index (χ4n) is 1.93. The lowest BCUT2D eigenvalue weighted by Gasteiger charge is -2.36. The Labute approximate surface area is 121 Å². The zero-order chi connectivity index (χ0) is 14.9. The molecule has 1 aliphatic heterocycles. The van der Waals surface area contributed by atoms with E-state index in [0.29, 0.717) is 10.6 Å². The highest BCUT2D eigenvalue weighted by Crippen LogP contribution is 2.14. The zero-order valence-electron chi connectivity index (χ0n) is 11.1. The molecule has 1 heterocycles. The van der Waals surface area contributed by atoms with Crippen LogP contribution in [0.4, 0.5) is 4.79 Å². The Balaban J connectivity index is 2.11. The van der Waals surface area contributed by atoms with Gasteiger partial charge in [0, 0.05) is 24.7 Å². The van der Waals surface area contributed by atoms with Gasteiger partial charge in [0.1, 0.15) is 6.17 Å². The highest BCUT2D eigenvalue weighted by Gasteiger charge is 2.35. The Bertz CT molecular complexity index is 576. The van der Waals surface area contributed by atoms with Gasteiger partial charge in [-0.15, -0.1) is 0 Å². The smallest absolute Gasteiger partial charge is 0.327 e. The van der Waals surface area contributed by atoms with Gasteiger partial charge in [-0.25, -0.2) is 4.79 Å². The van der Waals surface area contributed by atoms with Gasteiger partial charge < -0.3 is 10.2 Å². The quantitative estimate of drug-likeness (QED) is 0.894. The molecule has 1 aromatic carbocycles. The summed E-state index contributed by atoms with van der Waals surface area (Å²) in [7, 11) is 2.95. The maximum atomic E-state index is 12.1.